The number of benzene rings is 1. The summed E-state index contributed by atoms with van der Waals surface area (Å²) >= 11 is 0. The number of aliphatic hydroxyl groups is 1. The summed E-state index contributed by atoms with van der Waals surface area (Å²) < 4.78 is 0. The minimum atomic E-state index is -0.315. The summed E-state index contributed by atoms with van der Waals surface area (Å²) in [5.41, 5.74) is 8.49. The molecule has 2 nitrogen and oxygen atoms in total. The lowest BCUT2D eigenvalue weighted by molar-refractivity contribution is 0.00187. The van der Waals surface area contributed by atoms with Gasteiger partial charge in [-0.25, -0.2) is 0 Å². The fourth-order valence-corrected chi connectivity index (χ4v) is 2.90. The molecule has 0 aromatic heterocycles. The van der Waals surface area contributed by atoms with Gasteiger partial charge in [0.1, 0.15) is 0 Å². The third-order valence-electron chi connectivity index (χ3n) is 3.87. The van der Waals surface area contributed by atoms with Crippen molar-refractivity contribution >= 4 is 0 Å². The number of nitrogens with two attached hydrogens (primary N) is 1. The second kappa shape index (κ2) is 4.19. The number of hydrogen-bond donors (Lipinski definition) is 2. The molecule has 1 aliphatic carbocycles. The molecule has 1 aliphatic rings. The third kappa shape index (κ3) is 1.76. The maximum absolute atomic E-state index is 10.4. The van der Waals surface area contributed by atoms with Gasteiger partial charge in [0.25, 0.3) is 0 Å². The van der Waals surface area contributed by atoms with Crippen LogP contribution in [-0.4, -0.2) is 17.8 Å². The van der Waals surface area contributed by atoms with E-state index in [1.807, 2.05) is 0 Å². The molecule has 0 bridgehead atoms. The predicted molar refractivity (Wildman–Crippen MR) is 66.2 cm³/mol. The lowest BCUT2D eigenvalue weighted by Gasteiger charge is -2.35. The largest absolute Gasteiger partial charge is 0.392 e. The van der Waals surface area contributed by atoms with Crippen molar-refractivity contribution in [3.63, 3.8) is 0 Å². The molecule has 2 rings (SSSR count). The van der Waals surface area contributed by atoms with E-state index in [0.717, 1.165) is 12.8 Å². The Morgan fingerprint density at radius 2 is 1.75 bits per heavy atom. The van der Waals surface area contributed by atoms with Crippen LogP contribution in [0, 0.1) is 11.3 Å². The lowest BCUT2D eigenvalue weighted by atomic mass is 9.75. The first-order valence-electron chi connectivity index (χ1n) is 6.04. The van der Waals surface area contributed by atoms with Crippen LogP contribution < -0.4 is 5.73 Å². The molecule has 3 N–H and O–H groups in total. The van der Waals surface area contributed by atoms with Gasteiger partial charge in [0.2, 0.25) is 0 Å². The zero-order valence-corrected chi connectivity index (χ0v) is 10.1. The predicted octanol–water partition coefficient (Wildman–Crippen LogP) is 1.75. The van der Waals surface area contributed by atoms with Crippen LogP contribution >= 0.6 is 0 Å². The van der Waals surface area contributed by atoms with E-state index in [0.29, 0.717) is 6.54 Å². The van der Waals surface area contributed by atoms with Crippen LogP contribution in [0.2, 0.25) is 0 Å². The van der Waals surface area contributed by atoms with Gasteiger partial charge in [-0.1, -0.05) is 38.1 Å². The normalized spacial score (nSPS) is 19.8. The Kier molecular flexibility index (Phi) is 3.04. The highest BCUT2D eigenvalue weighted by molar-refractivity contribution is 5.35. The quantitative estimate of drug-likeness (QED) is 0.813. The van der Waals surface area contributed by atoms with Crippen molar-refractivity contribution in [2.45, 2.75) is 32.8 Å². The summed E-state index contributed by atoms with van der Waals surface area (Å²) in [4.78, 5) is 0. The average molecular weight is 219 g/mol. The van der Waals surface area contributed by atoms with Crippen molar-refractivity contribution in [3.8, 4) is 0 Å². The lowest BCUT2D eigenvalue weighted by Crippen LogP contribution is -2.45. The van der Waals surface area contributed by atoms with Crippen LogP contribution in [-0.2, 0) is 12.8 Å². The van der Waals surface area contributed by atoms with Crippen molar-refractivity contribution in [3.05, 3.63) is 35.4 Å². The Morgan fingerprint density at radius 1 is 1.25 bits per heavy atom. The Balaban J connectivity index is 2.29. The zero-order valence-electron chi connectivity index (χ0n) is 10.1. The fraction of sp³-hybridized carbons (Fsp3) is 0.571. The molecular formula is C14H21NO. The van der Waals surface area contributed by atoms with E-state index in [-0.39, 0.29) is 17.4 Å². The average Bonchev–Trinajstić information content (AvgIpc) is 2.67. The van der Waals surface area contributed by atoms with Crippen LogP contribution in [0.25, 0.3) is 0 Å². The molecule has 0 heterocycles. The molecule has 1 aromatic rings. The van der Waals surface area contributed by atoms with Crippen molar-refractivity contribution in [2.24, 2.45) is 17.1 Å². The van der Waals surface area contributed by atoms with E-state index >= 15 is 0 Å². The Hall–Kier alpha value is -0.860. The van der Waals surface area contributed by atoms with Crippen molar-refractivity contribution in [1.29, 1.82) is 0 Å². The van der Waals surface area contributed by atoms with Gasteiger partial charge in [-0.05, 0) is 29.9 Å². The fourth-order valence-electron chi connectivity index (χ4n) is 2.90. The van der Waals surface area contributed by atoms with E-state index < -0.39 is 0 Å². The smallest absolute Gasteiger partial charge is 0.0637 e. The van der Waals surface area contributed by atoms with Crippen LogP contribution in [0.3, 0.4) is 0 Å². The molecule has 16 heavy (non-hydrogen) atoms. The van der Waals surface area contributed by atoms with Crippen molar-refractivity contribution in [2.75, 3.05) is 6.54 Å². The number of aliphatic hydroxyl groups excluding tert-OH is 1. The van der Waals surface area contributed by atoms with Crippen LogP contribution in [0.1, 0.15) is 25.0 Å². The van der Waals surface area contributed by atoms with Crippen molar-refractivity contribution < 1.29 is 5.11 Å². The molecule has 0 aliphatic heterocycles. The van der Waals surface area contributed by atoms with E-state index in [9.17, 15) is 5.11 Å². The molecule has 0 fully saturated rings. The Morgan fingerprint density at radius 3 is 2.12 bits per heavy atom. The molecule has 0 radical (unpaired) electrons. The van der Waals surface area contributed by atoms with Crippen LogP contribution in [0.15, 0.2) is 24.3 Å². The second-order valence-electron chi connectivity index (χ2n) is 5.38. The maximum atomic E-state index is 10.4. The highest BCUT2D eigenvalue weighted by Gasteiger charge is 2.42. The van der Waals surface area contributed by atoms with E-state index in [2.05, 4.69) is 38.1 Å². The number of rotatable bonds is 3. The molecule has 0 saturated carbocycles. The second-order valence-corrected chi connectivity index (χ2v) is 5.38. The first kappa shape index (κ1) is 11.6. The Labute approximate surface area is 97.5 Å². The third-order valence-corrected chi connectivity index (χ3v) is 3.87. The van der Waals surface area contributed by atoms with E-state index in [1.54, 1.807) is 0 Å². The maximum Gasteiger partial charge on any atom is 0.0637 e. The van der Waals surface area contributed by atoms with Crippen molar-refractivity contribution in [1.82, 2.24) is 0 Å². The molecule has 1 aromatic carbocycles. The first-order valence-corrected chi connectivity index (χ1v) is 6.04. The summed E-state index contributed by atoms with van der Waals surface area (Å²) in [6.07, 6.45) is 1.52. The molecule has 2 heteroatoms. The summed E-state index contributed by atoms with van der Waals surface area (Å²) in [6, 6.07) is 8.43. The topological polar surface area (TPSA) is 46.2 Å². The van der Waals surface area contributed by atoms with Gasteiger partial charge < -0.3 is 10.8 Å². The zero-order chi connectivity index (χ0) is 11.8. The molecular weight excluding hydrogens is 198 g/mol. The van der Waals surface area contributed by atoms with Crippen LogP contribution in [0.4, 0.5) is 0 Å². The SMILES string of the molecule is CC(C)C(O)C1(CN)Cc2ccccc2C1. The molecule has 0 saturated heterocycles. The molecule has 88 valence electrons. The molecule has 1 atom stereocenters. The van der Waals surface area contributed by atoms with Gasteiger partial charge in [0.15, 0.2) is 0 Å². The number of fused-ring (bicyclic) bond motifs is 1. The summed E-state index contributed by atoms with van der Waals surface area (Å²) in [7, 11) is 0. The van der Waals surface area contributed by atoms with Gasteiger partial charge in [-0.2, -0.15) is 0 Å². The highest BCUT2D eigenvalue weighted by Crippen LogP contribution is 2.40. The summed E-state index contributed by atoms with van der Waals surface area (Å²) in [5.74, 6) is 0.262. The van der Waals surface area contributed by atoms with E-state index in [4.69, 9.17) is 5.73 Å². The molecule has 1 unspecified atom stereocenters. The van der Waals surface area contributed by atoms with E-state index in [1.165, 1.54) is 11.1 Å². The molecule has 0 amide bonds. The van der Waals surface area contributed by atoms with Gasteiger partial charge in [0, 0.05) is 12.0 Å². The standard InChI is InChI=1S/C14H21NO/c1-10(2)13(16)14(9-15)7-11-5-3-4-6-12(11)8-14/h3-6,10,13,16H,7-9,15H2,1-2H3. The van der Waals surface area contributed by atoms with Gasteiger partial charge in [-0.3, -0.25) is 0 Å². The first-order chi connectivity index (χ1) is 7.59. The minimum Gasteiger partial charge on any atom is -0.392 e. The monoisotopic (exact) mass is 219 g/mol. The van der Waals surface area contributed by atoms with Crippen LogP contribution in [0.5, 0.6) is 0 Å². The van der Waals surface area contributed by atoms with Gasteiger partial charge in [0.05, 0.1) is 6.10 Å². The Bertz CT molecular complexity index is 348. The van der Waals surface area contributed by atoms with Gasteiger partial charge in [-0.15, -0.1) is 0 Å². The molecule has 0 spiro atoms. The number of hydrogen-bond acceptors (Lipinski definition) is 2. The highest BCUT2D eigenvalue weighted by atomic mass is 16.3. The minimum absolute atomic E-state index is 0.141. The van der Waals surface area contributed by atoms with Gasteiger partial charge >= 0.3 is 0 Å². The summed E-state index contributed by atoms with van der Waals surface area (Å²) in [5, 5.41) is 10.4. The summed E-state index contributed by atoms with van der Waals surface area (Å²) in [6.45, 7) is 4.68.